The molecule has 0 rings (SSSR count). The summed E-state index contributed by atoms with van der Waals surface area (Å²) in [7, 11) is 0. The SMILES string of the molecule is [CH2]CCCOCC(O)CC. The molecule has 61 valence electrons. The number of hydrogen-bond donors (Lipinski definition) is 1. The van der Waals surface area contributed by atoms with Crippen molar-refractivity contribution in [3.63, 3.8) is 0 Å². The minimum Gasteiger partial charge on any atom is -0.391 e. The Kier molecular flexibility index (Phi) is 6.98. The quantitative estimate of drug-likeness (QED) is 0.572. The second kappa shape index (κ2) is 7.03. The zero-order chi connectivity index (χ0) is 7.82. The molecule has 0 spiro atoms. The van der Waals surface area contributed by atoms with Crippen molar-refractivity contribution in [1.29, 1.82) is 0 Å². The highest BCUT2D eigenvalue weighted by atomic mass is 16.5. The zero-order valence-corrected chi connectivity index (χ0v) is 6.68. The van der Waals surface area contributed by atoms with Gasteiger partial charge in [-0.3, -0.25) is 0 Å². The van der Waals surface area contributed by atoms with Crippen LogP contribution in [-0.2, 0) is 4.74 Å². The lowest BCUT2D eigenvalue weighted by molar-refractivity contribution is 0.0343. The molecule has 0 bridgehead atoms. The Bertz CT molecular complexity index is 64.3. The van der Waals surface area contributed by atoms with Crippen LogP contribution in [0.4, 0.5) is 0 Å². The Morgan fingerprint density at radius 2 is 2.30 bits per heavy atom. The standard InChI is InChI=1S/C8H17O2/c1-3-5-6-10-7-8(9)4-2/h8-9H,1,3-7H2,2H3. The number of aliphatic hydroxyl groups is 1. The summed E-state index contributed by atoms with van der Waals surface area (Å²) >= 11 is 0. The maximum Gasteiger partial charge on any atom is 0.0771 e. The Morgan fingerprint density at radius 3 is 2.80 bits per heavy atom. The van der Waals surface area contributed by atoms with E-state index in [-0.39, 0.29) is 6.10 Å². The first kappa shape index (κ1) is 9.92. The summed E-state index contributed by atoms with van der Waals surface area (Å²) in [5.41, 5.74) is 0. The third kappa shape index (κ3) is 6.05. The van der Waals surface area contributed by atoms with E-state index >= 15 is 0 Å². The molecular weight excluding hydrogens is 128 g/mol. The van der Waals surface area contributed by atoms with Gasteiger partial charge < -0.3 is 9.84 Å². The molecule has 0 aliphatic rings. The molecule has 0 aromatic carbocycles. The van der Waals surface area contributed by atoms with E-state index in [9.17, 15) is 0 Å². The fraction of sp³-hybridized carbons (Fsp3) is 0.875. The molecule has 1 radical (unpaired) electrons. The van der Waals surface area contributed by atoms with Crippen LogP contribution >= 0.6 is 0 Å². The third-order valence-electron chi connectivity index (χ3n) is 1.32. The smallest absolute Gasteiger partial charge is 0.0771 e. The largest absolute Gasteiger partial charge is 0.391 e. The molecule has 1 N–H and O–H groups in total. The summed E-state index contributed by atoms with van der Waals surface area (Å²) < 4.78 is 5.14. The van der Waals surface area contributed by atoms with Crippen LogP contribution in [0.5, 0.6) is 0 Å². The Hall–Kier alpha value is -0.0800. The highest BCUT2D eigenvalue weighted by Gasteiger charge is 1.98. The van der Waals surface area contributed by atoms with Gasteiger partial charge in [-0.05, 0) is 12.8 Å². The van der Waals surface area contributed by atoms with E-state index in [0.29, 0.717) is 6.61 Å². The van der Waals surface area contributed by atoms with Crippen LogP contribution in [0, 0.1) is 6.92 Å². The van der Waals surface area contributed by atoms with Gasteiger partial charge in [0.15, 0.2) is 0 Å². The van der Waals surface area contributed by atoms with Crippen LogP contribution in [0.1, 0.15) is 26.2 Å². The predicted octanol–water partition coefficient (Wildman–Crippen LogP) is 1.39. The minimum absolute atomic E-state index is 0.287. The van der Waals surface area contributed by atoms with Crippen molar-refractivity contribution in [3.05, 3.63) is 6.92 Å². The summed E-state index contributed by atoms with van der Waals surface area (Å²) in [5.74, 6) is 0. The van der Waals surface area contributed by atoms with Crippen LogP contribution < -0.4 is 0 Å². The number of ether oxygens (including phenoxy) is 1. The van der Waals surface area contributed by atoms with E-state index in [1.807, 2.05) is 6.92 Å². The van der Waals surface area contributed by atoms with E-state index < -0.39 is 0 Å². The van der Waals surface area contributed by atoms with Crippen LogP contribution in [0.15, 0.2) is 0 Å². The first-order valence-corrected chi connectivity index (χ1v) is 3.86. The van der Waals surface area contributed by atoms with E-state index in [0.717, 1.165) is 25.9 Å². The summed E-state index contributed by atoms with van der Waals surface area (Å²) in [5, 5.41) is 9.02. The Balaban J connectivity index is 2.89. The van der Waals surface area contributed by atoms with Crippen LogP contribution in [0.3, 0.4) is 0 Å². The van der Waals surface area contributed by atoms with Crippen molar-refractivity contribution >= 4 is 0 Å². The third-order valence-corrected chi connectivity index (χ3v) is 1.32. The molecule has 0 fully saturated rings. The molecule has 0 saturated heterocycles. The van der Waals surface area contributed by atoms with Gasteiger partial charge in [-0.25, -0.2) is 0 Å². The van der Waals surface area contributed by atoms with Gasteiger partial charge in [0, 0.05) is 6.61 Å². The van der Waals surface area contributed by atoms with Gasteiger partial charge in [0.25, 0.3) is 0 Å². The van der Waals surface area contributed by atoms with Gasteiger partial charge >= 0.3 is 0 Å². The molecule has 0 aromatic heterocycles. The number of hydrogen-bond acceptors (Lipinski definition) is 2. The average molecular weight is 145 g/mol. The second-order valence-electron chi connectivity index (χ2n) is 2.34. The van der Waals surface area contributed by atoms with Crippen molar-refractivity contribution in [2.24, 2.45) is 0 Å². The molecule has 0 saturated carbocycles. The highest BCUT2D eigenvalue weighted by Crippen LogP contribution is 1.93. The van der Waals surface area contributed by atoms with Crippen LogP contribution in [-0.4, -0.2) is 24.4 Å². The second-order valence-corrected chi connectivity index (χ2v) is 2.34. The molecule has 0 amide bonds. The summed E-state index contributed by atoms with van der Waals surface area (Å²) in [6.45, 7) is 6.81. The maximum absolute atomic E-state index is 9.02. The summed E-state index contributed by atoms with van der Waals surface area (Å²) in [6, 6.07) is 0. The fourth-order valence-electron chi connectivity index (χ4n) is 0.541. The maximum atomic E-state index is 9.02. The van der Waals surface area contributed by atoms with Gasteiger partial charge in [-0.15, -0.1) is 0 Å². The zero-order valence-electron chi connectivity index (χ0n) is 6.68. The summed E-state index contributed by atoms with van der Waals surface area (Å²) in [4.78, 5) is 0. The van der Waals surface area contributed by atoms with Crippen molar-refractivity contribution in [1.82, 2.24) is 0 Å². The van der Waals surface area contributed by atoms with Crippen molar-refractivity contribution in [2.45, 2.75) is 32.3 Å². The lowest BCUT2D eigenvalue weighted by atomic mass is 10.3. The summed E-state index contributed by atoms with van der Waals surface area (Å²) in [6.07, 6.45) is 2.37. The Labute approximate surface area is 63.2 Å². The van der Waals surface area contributed by atoms with Gasteiger partial charge in [-0.1, -0.05) is 20.3 Å². The van der Waals surface area contributed by atoms with Gasteiger partial charge in [0.1, 0.15) is 0 Å². The van der Waals surface area contributed by atoms with E-state index in [1.165, 1.54) is 0 Å². The molecule has 1 atom stereocenters. The highest BCUT2D eigenvalue weighted by molar-refractivity contribution is 4.48. The molecule has 1 unspecified atom stereocenters. The van der Waals surface area contributed by atoms with Crippen LogP contribution in [0.2, 0.25) is 0 Å². The molecule has 0 heterocycles. The number of aliphatic hydroxyl groups excluding tert-OH is 1. The number of rotatable bonds is 6. The predicted molar refractivity (Wildman–Crippen MR) is 41.7 cm³/mol. The molecule has 2 heteroatoms. The Morgan fingerprint density at radius 1 is 1.60 bits per heavy atom. The molecule has 10 heavy (non-hydrogen) atoms. The molecule has 0 aliphatic carbocycles. The average Bonchev–Trinajstić information content (AvgIpc) is 1.98. The van der Waals surface area contributed by atoms with E-state index in [2.05, 4.69) is 6.92 Å². The van der Waals surface area contributed by atoms with Gasteiger partial charge in [-0.2, -0.15) is 0 Å². The lowest BCUT2D eigenvalue weighted by Gasteiger charge is -2.07. The molecule has 0 aromatic rings. The van der Waals surface area contributed by atoms with Crippen molar-refractivity contribution in [3.8, 4) is 0 Å². The van der Waals surface area contributed by atoms with Crippen molar-refractivity contribution in [2.75, 3.05) is 13.2 Å². The lowest BCUT2D eigenvalue weighted by Crippen LogP contribution is -2.14. The number of unbranched alkanes of at least 4 members (excludes halogenated alkanes) is 1. The van der Waals surface area contributed by atoms with E-state index in [1.54, 1.807) is 0 Å². The van der Waals surface area contributed by atoms with Gasteiger partial charge in [0.2, 0.25) is 0 Å². The van der Waals surface area contributed by atoms with Crippen LogP contribution in [0.25, 0.3) is 0 Å². The fourth-order valence-corrected chi connectivity index (χ4v) is 0.541. The normalized spacial score (nSPS) is 13.5. The first-order chi connectivity index (χ1) is 4.81. The molecule has 0 aliphatic heterocycles. The monoisotopic (exact) mass is 145 g/mol. The van der Waals surface area contributed by atoms with E-state index in [4.69, 9.17) is 9.84 Å². The molecule has 2 nitrogen and oxygen atoms in total. The minimum atomic E-state index is -0.287. The van der Waals surface area contributed by atoms with Crippen molar-refractivity contribution < 1.29 is 9.84 Å². The van der Waals surface area contributed by atoms with Gasteiger partial charge in [0.05, 0.1) is 12.7 Å². The molecular formula is C8H17O2. The topological polar surface area (TPSA) is 29.5 Å². The first-order valence-electron chi connectivity index (χ1n) is 3.86.